The number of piperidine rings is 1. The number of nitrogen functional groups attached to an aromatic ring is 1. The molecule has 9 nitrogen and oxygen atoms in total. The Balaban J connectivity index is 1.42. The van der Waals surface area contributed by atoms with Crippen LogP contribution in [0.3, 0.4) is 0 Å². The topological polar surface area (TPSA) is 121 Å². The fraction of sp³-hybridized carbons (Fsp3) is 0.278. The Morgan fingerprint density at radius 3 is 3.07 bits per heavy atom. The van der Waals surface area contributed by atoms with Crippen molar-refractivity contribution in [3.05, 3.63) is 36.4 Å². The molecule has 6 N–H and O–H groups in total. The predicted octanol–water partition coefficient (Wildman–Crippen LogP) is 2.10. The SMILES string of the molecule is Nc1n[nH]c2cc(Nc3nc4cccc(N[C@@H]5CCCNC5)n4n3)ccc12. The number of pyridine rings is 1. The van der Waals surface area contributed by atoms with Crippen molar-refractivity contribution in [2.24, 2.45) is 0 Å². The lowest BCUT2D eigenvalue weighted by molar-refractivity contribution is 0.478. The van der Waals surface area contributed by atoms with Crippen LogP contribution < -0.4 is 21.7 Å². The van der Waals surface area contributed by atoms with Gasteiger partial charge in [0.05, 0.1) is 5.52 Å². The first-order valence-electron chi connectivity index (χ1n) is 9.10. The van der Waals surface area contributed by atoms with Crippen LogP contribution in [0.2, 0.25) is 0 Å². The summed E-state index contributed by atoms with van der Waals surface area (Å²) >= 11 is 0. The highest BCUT2D eigenvalue weighted by atomic mass is 15.4. The average Bonchev–Trinajstić information content (AvgIpc) is 3.26. The zero-order valence-corrected chi connectivity index (χ0v) is 14.7. The lowest BCUT2D eigenvalue weighted by Crippen LogP contribution is -2.38. The molecule has 1 saturated heterocycles. The van der Waals surface area contributed by atoms with Crippen LogP contribution in [0.1, 0.15) is 12.8 Å². The van der Waals surface area contributed by atoms with E-state index in [0.717, 1.165) is 47.6 Å². The summed E-state index contributed by atoms with van der Waals surface area (Å²) in [6, 6.07) is 12.2. The molecular weight excluding hydrogens is 342 g/mol. The van der Waals surface area contributed by atoms with Crippen molar-refractivity contribution in [3.8, 4) is 0 Å². The van der Waals surface area contributed by atoms with Crippen molar-refractivity contribution in [2.75, 3.05) is 29.5 Å². The molecule has 1 aromatic carbocycles. The van der Waals surface area contributed by atoms with Gasteiger partial charge in [-0.2, -0.15) is 14.6 Å². The molecule has 4 aromatic rings. The molecule has 1 aliphatic rings. The van der Waals surface area contributed by atoms with Gasteiger partial charge in [0.25, 0.3) is 0 Å². The number of rotatable bonds is 4. The molecule has 0 radical (unpaired) electrons. The third-order valence-electron chi connectivity index (χ3n) is 4.86. The van der Waals surface area contributed by atoms with Crippen LogP contribution in [0.4, 0.5) is 23.3 Å². The van der Waals surface area contributed by atoms with E-state index in [-0.39, 0.29) is 0 Å². The van der Waals surface area contributed by atoms with Gasteiger partial charge < -0.3 is 21.7 Å². The zero-order valence-electron chi connectivity index (χ0n) is 14.7. The molecular formula is C18H21N9. The van der Waals surface area contributed by atoms with Gasteiger partial charge in [-0.05, 0) is 49.7 Å². The van der Waals surface area contributed by atoms with Crippen LogP contribution in [-0.4, -0.2) is 43.9 Å². The number of benzene rings is 1. The van der Waals surface area contributed by atoms with Crippen LogP contribution in [0, 0.1) is 0 Å². The number of hydrogen-bond acceptors (Lipinski definition) is 7. The zero-order chi connectivity index (χ0) is 18.2. The molecule has 0 aliphatic carbocycles. The summed E-state index contributed by atoms with van der Waals surface area (Å²) in [5.41, 5.74) is 8.35. The van der Waals surface area contributed by atoms with Gasteiger partial charge in [-0.25, -0.2) is 0 Å². The average molecular weight is 363 g/mol. The summed E-state index contributed by atoms with van der Waals surface area (Å²) in [6.07, 6.45) is 2.33. The molecule has 9 heteroatoms. The number of fused-ring (bicyclic) bond motifs is 2. The lowest BCUT2D eigenvalue weighted by Gasteiger charge is -2.24. The third kappa shape index (κ3) is 3.02. The molecule has 27 heavy (non-hydrogen) atoms. The van der Waals surface area contributed by atoms with E-state index < -0.39 is 0 Å². The Bertz CT molecular complexity index is 1090. The second-order valence-corrected chi connectivity index (χ2v) is 6.80. The number of nitrogens with zero attached hydrogens (tertiary/aromatic N) is 4. The van der Waals surface area contributed by atoms with Gasteiger partial charge in [0.15, 0.2) is 11.5 Å². The highest BCUT2D eigenvalue weighted by Crippen LogP contribution is 2.24. The highest BCUT2D eigenvalue weighted by molar-refractivity contribution is 5.91. The van der Waals surface area contributed by atoms with Gasteiger partial charge in [0, 0.05) is 23.7 Å². The van der Waals surface area contributed by atoms with Gasteiger partial charge >= 0.3 is 0 Å². The molecule has 1 fully saturated rings. The van der Waals surface area contributed by atoms with Crippen molar-refractivity contribution >= 4 is 39.8 Å². The largest absolute Gasteiger partial charge is 0.382 e. The van der Waals surface area contributed by atoms with Gasteiger partial charge in [0.1, 0.15) is 5.82 Å². The summed E-state index contributed by atoms with van der Waals surface area (Å²) in [6.45, 7) is 2.05. The first-order chi connectivity index (χ1) is 13.3. The number of hydrogen-bond donors (Lipinski definition) is 5. The molecule has 0 saturated carbocycles. The molecule has 1 aliphatic heterocycles. The number of aromatic nitrogens is 5. The summed E-state index contributed by atoms with van der Waals surface area (Å²) in [5, 5.41) is 22.7. The van der Waals surface area contributed by atoms with E-state index in [2.05, 4.69) is 36.2 Å². The van der Waals surface area contributed by atoms with Crippen molar-refractivity contribution in [1.29, 1.82) is 0 Å². The maximum absolute atomic E-state index is 5.82. The van der Waals surface area contributed by atoms with E-state index in [1.807, 2.05) is 40.9 Å². The standard InChI is InChI=1S/C18H21N9/c19-17-13-7-6-11(9-14(13)24-25-17)22-18-23-16-5-1-4-15(27(16)26-18)21-12-3-2-8-20-10-12/h1,4-7,9,12,20-21H,2-3,8,10H2,(H,22,26)(H3,19,24,25)/t12-/m1/s1. The number of nitrogens with one attached hydrogen (secondary N) is 4. The van der Waals surface area contributed by atoms with Crippen molar-refractivity contribution < 1.29 is 0 Å². The molecule has 5 rings (SSSR count). The summed E-state index contributed by atoms with van der Waals surface area (Å²) < 4.78 is 1.84. The van der Waals surface area contributed by atoms with E-state index in [1.54, 1.807) is 0 Å². The van der Waals surface area contributed by atoms with Gasteiger partial charge in [-0.15, -0.1) is 5.10 Å². The predicted molar refractivity (Wildman–Crippen MR) is 106 cm³/mol. The van der Waals surface area contributed by atoms with Crippen molar-refractivity contribution in [1.82, 2.24) is 30.1 Å². The van der Waals surface area contributed by atoms with Crippen LogP contribution >= 0.6 is 0 Å². The van der Waals surface area contributed by atoms with E-state index in [1.165, 1.54) is 6.42 Å². The Morgan fingerprint density at radius 2 is 2.19 bits per heavy atom. The first kappa shape index (κ1) is 15.9. The maximum atomic E-state index is 5.82. The van der Waals surface area contributed by atoms with E-state index in [9.17, 15) is 0 Å². The van der Waals surface area contributed by atoms with E-state index >= 15 is 0 Å². The van der Waals surface area contributed by atoms with Crippen LogP contribution in [0.5, 0.6) is 0 Å². The minimum atomic E-state index is 0.401. The Labute approximate surface area is 155 Å². The molecule has 0 bridgehead atoms. The van der Waals surface area contributed by atoms with E-state index in [4.69, 9.17) is 5.73 Å². The fourth-order valence-electron chi connectivity index (χ4n) is 3.50. The van der Waals surface area contributed by atoms with Crippen LogP contribution in [-0.2, 0) is 0 Å². The highest BCUT2D eigenvalue weighted by Gasteiger charge is 2.15. The van der Waals surface area contributed by atoms with Gasteiger partial charge in [-0.3, -0.25) is 5.10 Å². The van der Waals surface area contributed by atoms with Crippen LogP contribution in [0.25, 0.3) is 16.6 Å². The normalized spacial score (nSPS) is 17.4. The minimum Gasteiger partial charge on any atom is -0.382 e. The molecule has 4 heterocycles. The van der Waals surface area contributed by atoms with Crippen molar-refractivity contribution in [2.45, 2.75) is 18.9 Å². The number of nitrogens with two attached hydrogens (primary N) is 1. The van der Waals surface area contributed by atoms with Crippen LogP contribution in [0.15, 0.2) is 36.4 Å². The molecule has 1 atom stereocenters. The molecule has 0 amide bonds. The quantitative estimate of drug-likeness (QED) is 0.376. The number of aromatic amines is 1. The molecule has 138 valence electrons. The summed E-state index contributed by atoms with van der Waals surface area (Å²) in [5.74, 6) is 1.98. The van der Waals surface area contributed by atoms with E-state index in [0.29, 0.717) is 17.8 Å². The van der Waals surface area contributed by atoms with Gasteiger partial charge in [-0.1, -0.05) is 6.07 Å². The molecule has 0 spiro atoms. The minimum absolute atomic E-state index is 0.401. The smallest absolute Gasteiger partial charge is 0.247 e. The maximum Gasteiger partial charge on any atom is 0.247 e. The van der Waals surface area contributed by atoms with Crippen molar-refractivity contribution in [3.63, 3.8) is 0 Å². The Hall–Kier alpha value is -3.33. The number of H-pyrrole nitrogens is 1. The molecule has 0 unspecified atom stereocenters. The third-order valence-corrected chi connectivity index (χ3v) is 4.86. The molecule has 3 aromatic heterocycles. The monoisotopic (exact) mass is 363 g/mol. The number of anilines is 4. The summed E-state index contributed by atoms with van der Waals surface area (Å²) in [4.78, 5) is 4.58. The van der Waals surface area contributed by atoms with Gasteiger partial charge in [0.2, 0.25) is 5.95 Å². The first-order valence-corrected chi connectivity index (χ1v) is 9.10. The Kier molecular flexibility index (Phi) is 3.79. The second kappa shape index (κ2) is 6.44. The second-order valence-electron chi connectivity index (χ2n) is 6.80. The summed E-state index contributed by atoms with van der Waals surface area (Å²) in [7, 11) is 0. The Morgan fingerprint density at radius 1 is 1.22 bits per heavy atom. The fourth-order valence-corrected chi connectivity index (χ4v) is 3.50. The lowest BCUT2D eigenvalue weighted by atomic mass is 10.1.